The van der Waals surface area contributed by atoms with Crippen molar-refractivity contribution in [2.24, 2.45) is 0 Å². The summed E-state index contributed by atoms with van der Waals surface area (Å²) in [6.45, 7) is 0.0431. The Labute approximate surface area is 203 Å². The van der Waals surface area contributed by atoms with Crippen LogP contribution in [0.2, 0.25) is 10.3 Å². The lowest BCUT2D eigenvalue weighted by atomic mass is 10.2. The van der Waals surface area contributed by atoms with E-state index >= 15 is 0 Å². The summed E-state index contributed by atoms with van der Waals surface area (Å²) >= 11 is 12.3. The number of benzene rings is 1. The summed E-state index contributed by atoms with van der Waals surface area (Å²) in [6, 6.07) is 7.33. The average molecular weight is 553 g/mol. The minimum atomic E-state index is -4.71. The van der Waals surface area contributed by atoms with Crippen molar-refractivity contribution in [3.8, 4) is 0 Å². The Bertz CT molecular complexity index is 1290. The van der Waals surface area contributed by atoms with Crippen LogP contribution in [0.15, 0.2) is 24.3 Å². The zero-order valence-electron chi connectivity index (χ0n) is 17.4. The molecule has 1 aromatic carbocycles. The Morgan fingerprint density at radius 2 is 1.94 bits per heavy atom. The molecule has 3 aromatic rings. The first-order chi connectivity index (χ1) is 16.0. The van der Waals surface area contributed by atoms with Crippen molar-refractivity contribution in [1.29, 1.82) is 0 Å². The molecule has 2 aromatic heterocycles. The van der Waals surface area contributed by atoms with Gasteiger partial charge in [-0.1, -0.05) is 35.0 Å². The molecular formula is C17H20Cl2N6O7P2. The molecule has 1 saturated heterocycles. The third-order valence-corrected chi connectivity index (χ3v) is 8.88. The van der Waals surface area contributed by atoms with Gasteiger partial charge in [0, 0.05) is 11.6 Å². The van der Waals surface area contributed by atoms with Gasteiger partial charge in [-0.15, -0.1) is 5.10 Å². The second-order valence-electron chi connectivity index (χ2n) is 7.52. The van der Waals surface area contributed by atoms with Crippen molar-refractivity contribution >= 4 is 55.4 Å². The number of fused-ring (bicyclic) bond motifs is 1. The summed E-state index contributed by atoms with van der Waals surface area (Å²) in [7, 11) is -9.18. The lowest BCUT2D eigenvalue weighted by Crippen LogP contribution is -2.17. The minimum absolute atomic E-state index is 0.0331. The molecule has 3 heterocycles. The predicted molar refractivity (Wildman–Crippen MR) is 123 cm³/mol. The first-order valence-electron chi connectivity index (χ1n) is 9.93. The first-order valence-corrected chi connectivity index (χ1v) is 14.2. The van der Waals surface area contributed by atoms with Crippen molar-refractivity contribution < 1.29 is 33.1 Å². The van der Waals surface area contributed by atoms with E-state index in [1.807, 2.05) is 18.2 Å². The molecule has 17 heteroatoms. The molecule has 1 unspecified atom stereocenters. The van der Waals surface area contributed by atoms with Gasteiger partial charge in [0.2, 0.25) is 5.28 Å². The van der Waals surface area contributed by atoms with Crippen LogP contribution in [0.4, 0.5) is 5.82 Å². The Morgan fingerprint density at radius 1 is 1.18 bits per heavy atom. The van der Waals surface area contributed by atoms with Crippen LogP contribution in [0.5, 0.6) is 0 Å². The molecule has 0 spiro atoms. The zero-order valence-corrected chi connectivity index (χ0v) is 20.7. The largest absolute Gasteiger partial charge is 0.364 e. The van der Waals surface area contributed by atoms with E-state index in [1.54, 1.807) is 6.07 Å². The van der Waals surface area contributed by atoms with Crippen molar-refractivity contribution in [2.45, 2.75) is 31.7 Å². The van der Waals surface area contributed by atoms with Gasteiger partial charge < -0.3 is 29.3 Å². The van der Waals surface area contributed by atoms with E-state index in [0.29, 0.717) is 41.4 Å². The molecule has 4 N–H and O–H groups in total. The molecule has 3 atom stereocenters. The fourth-order valence-electron chi connectivity index (χ4n) is 3.40. The number of anilines is 1. The van der Waals surface area contributed by atoms with Gasteiger partial charge in [-0.05, 0) is 36.1 Å². The number of rotatable bonds is 9. The molecule has 1 aliphatic heterocycles. The highest BCUT2D eigenvalue weighted by Gasteiger charge is 2.35. The van der Waals surface area contributed by atoms with Gasteiger partial charge in [0.1, 0.15) is 0 Å². The summed E-state index contributed by atoms with van der Waals surface area (Å²) < 4.78 is 34.9. The fourth-order valence-corrected chi connectivity index (χ4v) is 6.36. The molecule has 34 heavy (non-hydrogen) atoms. The molecule has 0 amide bonds. The smallest absolute Gasteiger partial charge is 0.340 e. The van der Waals surface area contributed by atoms with Gasteiger partial charge in [0.05, 0.1) is 12.7 Å². The Hall–Kier alpha value is -1.66. The van der Waals surface area contributed by atoms with Gasteiger partial charge in [-0.3, -0.25) is 9.13 Å². The number of hydrogen-bond donors (Lipinski definition) is 4. The quantitative estimate of drug-likeness (QED) is 0.225. The maximum absolute atomic E-state index is 11.8. The molecule has 13 nitrogen and oxygen atoms in total. The standard InChI is InChI=1S/C17H20Cl2N6O7P2/c18-12-4-2-1-3-10(12)7-20-15-14-16(22-17(19)21-15)25(24-23-14)13-6-5-11(32-13)8-31-34(29,30)9-33(26,27)28/h1-4,11,13H,5-9H2,(H,29,30)(H,20,21,22)(H2,26,27,28)/t11-,13+/m0/s1. The third-order valence-electron chi connectivity index (χ3n) is 4.88. The lowest BCUT2D eigenvalue weighted by molar-refractivity contribution is -0.0239. The molecule has 1 aliphatic rings. The van der Waals surface area contributed by atoms with Crippen LogP contribution in [-0.4, -0.2) is 58.3 Å². The summed E-state index contributed by atoms with van der Waals surface area (Å²) in [4.78, 5) is 35.8. The van der Waals surface area contributed by atoms with Gasteiger partial charge >= 0.3 is 15.2 Å². The van der Waals surface area contributed by atoms with Crippen LogP contribution in [0.25, 0.3) is 11.2 Å². The molecule has 1 fully saturated rings. The number of hydrogen-bond acceptors (Lipinski definition) is 9. The molecule has 4 rings (SSSR count). The van der Waals surface area contributed by atoms with Crippen molar-refractivity contribution in [2.75, 3.05) is 17.8 Å². The highest BCUT2D eigenvalue weighted by Crippen LogP contribution is 2.55. The van der Waals surface area contributed by atoms with Gasteiger partial charge in [0.25, 0.3) is 0 Å². The molecular weight excluding hydrogens is 533 g/mol. The molecule has 184 valence electrons. The second-order valence-corrected chi connectivity index (χ2v) is 12.3. The Morgan fingerprint density at radius 3 is 2.68 bits per heavy atom. The number of nitrogens with zero attached hydrogens (tertiary/aromatic N) is 5. The number of nitrogens with one attached hydrogen (secondary N) is 1. The summed E-state index contributed by atoms with van der Waals surface area (Å²) in [5.74, 6) is -0.902. The normalized spacial score (nSPS) is 20.5. The van der Waals surface area contributed by atoms with E-state index in [9.17, 15) is 14.0 Å². The Balaban J connectivity index is 1.45. The molecule has 0 bridgehead atoms. The fraction of sp³-hybridized carbons (Fsp3) is 0.412. The molecule has 0 radical (unpaired) electrons. The Kier molecular flexibility index (Phi) is 7.58. The van der Waals surface area contributed by atoms with Crippen LogP contribution in [-0.2, 0) is 24.9 Å². The topological polar surface area (TPSA) is 182 Å². The van der Waals surface area contributed by atoms with Crippen molar-refractivity contribution in [3.05, 3.63) is 40.1 Å². The van der Waals surface area contributed by atoms with Gasteiger partial charge in [-0.2, -0.15) is 14.6 Å². The highest BCUT2D eigenvalue weighted by molar-refractivity contribution is 7.70. The van der Waals surface area contributed by atoms with Crippen LogP contribution in [0.3, 0.4) is 0 Å². The number of halogens is 2. The minimum Gasteiger partial charge on any atom is -0.364 e. The van der Waals surface area contributed by atoms with E-state index in [0.717, 1.165) is 5.56 Å². The second kappa shape index (κ2) is 10.1. The molecule has 0 aliphatic carbocycles. The lowest BCUT2D eigenvalue weighted by Gasteiger charge is -2.17. The average Bonchev–Trinajstić information content (AvgIpc) is 3.36. The van der Waals surface area contributed by atoms with E-state index in [1.165, 1.54) is 4.68 Å². The van der Waals surface area contributed by atoms with Crippen LogP contribution in [0.1, 0.15) is 24.6 Å². The predicted octanol–water partition coefficient (Wildman–Crippen LogP) is 3.16. The van der Waals surface area contributed by atoms with Gasteiger partial charge in [0.15, 0.2) is 29.1 Å². The van der Waals surface area contributed by atoms with Gasteiger partial charge in [-0.25, -0.2) is 0 Å². The number of ether oxygens (including phenoxy) is 1. The van der Waals surface area contributed by atoms with Crippen molar-refractivity contribution in [1.82, 2.24) is 25.0 Å². The highest BCUT2D eigenvalue weighted by atomic mass is 35.5. The van der Waals surface area contributed by atoms with E-state index in [-0.39, 0.29) is 11.9 Å². The van der Waals surface area contributed by atoms with Crippen LogP contribution in [0, 0.1) is 0 Å². The van der Waals surface area contributed by atoms with E-state index < -0.39 is 33.4 Å². The monoisotopic (exact) mass is 552 g/mol. The summed E-state index contributed by atoms with van der Waals surface area (Å²) in [5, 5.41) is 11.9. The van der Waals surface area contributed by atoms with Crippen LogP contribution >= 0.6 is 38.4 Å². The van der Waals surface area contributed by atoms with Crippen molar-refractivity contribution in [3.63, 3.8) is 0 Å². The van der Waals surface area contributed by atoms with Crippen LogP contribution < -0.4 is 5.32 Å². The summed E-state index contributed by atoms with van der Waals surface area (Å²) in [5.41, 5.74) is 1.53. The number of aromatic nitrogens is 5. The SMILES string of the molecule is O=P(O)(O)CP(=O)(O)OC[C@@H]1CC[C@H](n2nnc3c(NCc4ccccc4Cl)nc(Cl)nc32)O1. The third kappa shape index (κ3) is 6.31. The summed E-state index contributed by atoms with van der Waals surface area (Å²) in [6.07, 6.45) is -0.305. The maximum Gasteiger partial charge on any atom is 0.340 e. The molecule has 0 saturated carbocycles. The van der Waals surface area contributed by atoms with E-state index in [4.69, 9.17) is 42.2 Å². The zero-order chi connectivity index (χ0) is 24.5. The first kappa shape index (κ1) is 25.4. The maximum atomic E-state index is 11.8. The van der Waals surface area contributed by atoms with E-state index in [2.05, 4.69) is 25.6 Å².